The monoisotopic (exact) mass is 1490 g/mol. The largest absolute Gasteiger partial charge is 0.497 e. The number of carbonyl (C=O) groups is 13. The highest BCUT2D eigenvalue weighted by Gasteiger charge is 2.38. The van der Waals surface area contributed by atoms with Gasteiger partial charge in [-0.25, -0.2) is 4.98 Å². The molecule has 0 bridgehead atoms. The maximum Gasteiger partial charge on any atom is 0.305 e. The number of rotatable bonds is 41. The van der Waals surface area contributed by atoms with Crippen molar-refractivity contribution >= 4 is 76.9 Å². The number of aliphatic hydroxyl groups excluding tert-OH is 3. The number of carboxylic acids is 2. The van der Waals surface area contributed by atoms with Crippen LogP contribution in [0.4, 0.5) is 0 Å². The first-order valence-corrected chi connectivity index (χ1v) is 34.7. The van der Waals surface area contributed by atoms with Gasteiger partial charge in [0.15, 0.2) is 0 Å². The Balaban J connectivity index is 1.15. The molecule has 0 aliphatic rings. The number of aliphatic carboxylic acids is 2. The van der Waals surface area contributed by atoms with Gasteiger partial charge in [0.05, 0.1) is 51.3 Å². The third kappa shape index (κ3) is 25.7. The predicted molar refractivity (Wildman–Crippen MR) is 392 cm³/mol. The number of aliphatic hydroxyl groups is 3. The minimum Gasteiger partial charge on any atom is -0.497 e. The van der Waals surface area contributed by atoms with Gasteiger partial charge in [-0.05, 0) is 115 Å². The van der Waals surface area contributed by atoms with Gasteiger partial charge < -0.3 is 99.9 Å². The third-order valence-corrected chi connectivity index (χ3v) is 17.7. The Morgan fingerprint density at radius 2 is 1.05 bits per heavy atom. The number of carboxylic acid groups (broad SMARTS) is 2. The Kier molecular flexibility index (Phi) is 32.3. The number of hydrogen-bond donors (Lipinski definition) is 18. The molecule has 6 rings (SSSR count). The number of primary amides is 1. The lowest BCUT2D eigenvalue weighted by Crippen LogP contribution is -2.63. The van der Waals surface area contributed by atoms with Crippen LogP contribution < -0.4 is 69.4 Å². The fourth-order valence-electron chi connectivity index (χ4n) is 11.4. The van der Waals surface area contributed by atoms with Crippen molar-refractivity contribution in [2.24, 2.45) is 11.5 Å². The first-order chi connectivity index (χ1) is 51.3. The highest BCUT2D eigenvalue weighted by Crippen LogP contribution is 2.29. The molecule has 578 valence electrons. The average molecular weight is 1500 g/mol. The van der Waals surface area contributed by atoms with Crippen LogP contribution in [0.15, 0.2) is 128 Å². The molecule has 0 radical (unpaired) electrons. The molecule has 20 N–H and O–H groups in total. The van der Waals surface area contributed by atoms with Gasteiger partial charge in [-0.15, -0.1) is 0 Å². The summed E-state index contributed by atoms with van der Waals surface area (Å²) in [5.41, 5.74) is 20.6. The van der Waals surface area contributed by atoms with E-state index in [-0.39, 0.29) is 25.7 Å². The number of aromatic nitrogens is 2. The first kappa shape index (κ1) is 85.0. The van der Waals surface area contributed by atoms with E-state index in [2.05, 4.69) is 63.1 Å². The lowest BCUT2D eigenvalue weighted by atomic mass is 9.95. The molecule has 11 amide bonds. The van der Waals surface area contributed by atoms with Gasteiger partial charge in [0.25, 0.3) is 0 Å². The summed E-state index contributed by atoms with van der Waals surface area (Å²) < 4.78 is 5.42. The molecule has 33 nitrogen and oxygen atoms in total. The second kappa shape index (κ2) is 41.1. The number of nitrogens with zero attached hydrogens (tertiary/aromatic N) is 1. The van der Waals surface area contributed by atoms with Gasteiger partial charge in [0.2, 0.25) is 65.0 Å². The van der Waals surface area contributed by atoms with Crippen LogP contribution in [0, 0.1) is 13.8 Å². The van der Waals surface area contributed by atoms with Crippen molar-refractivity contribution in [2.75, 3.05) is 20.3 Å². The normalized spacial score (nSPS) is 14.4. The average Bonchev–Trinajstić information content (AvgIpc) is 0.886. The number of amides is 11. The fourth-order valence-corrected chi connectivity index (χ4v) is 11.4. The molecule has 1 aromatic heterocycles. The highest BCUT2D eigenvalue weighted by molar-refractivity contribution is 6.00. The van der Waals surface area contributed by atoms with Crippen LogP contribution in [0.3, 0.4) is 0 Å². The molecule has 108 heavy (non-hydrogen) atoms. The summed E-state index contributed by atoms with van der Waals surface area (Å²) in [5, 5.41) is 75.2. The molecule has 0 unspecified atom stereocenters. The first-order valence-electron chi connectivity index (χ1n) is 34.7. The van der Waals surface area contributed by atoms with E-state index >= 15 is 0 Å². The molecule has 0 saturated heterocycles. The number of imidazole rings is 1. The second-order valence-corrected chi connectivity index (χ2v) is 25.9. The number of methoxy groups -OCH3 is 1. The molecule has 0 aliphatic heterocycles. The molecule has 33 heteroatoms. The summed E-state index contributed by atoms with van der Waals surface area (Å²) >= 11 is 0. The summed E-state index contributed by atoms with van der Waals surface area (Å²) in [6, 6.07) is 17.0. The van der Waals surface area contributed by atoms with Crippen LogP contribution in [-0.4, -0.2) is 205 Å². The Labute approximate surface area is 622 Å². The maximum absolute atomic E-state index is 14.6. The van der Waals surface area contributed by atoms with E-state index in [0.29, 0.717) is 34.6 Å². The lowest BCUT2D eigenvalue weighted by Gasteiger charge is -2.28. The van der Waals surface area contributed by atoms with Crippen LogP contribution >= 0.6 is 0 Å². The van der Waals surface area contributed by atoms with Gasteiger partial charge in [-0.3, -0.25) is 62.3 Å². The molecule has 0 fully saturated rings. The number of aromatic amines is 1. The van der Waals surface area contributed by atoms with Crippen LogP contribution in [0.1, 0.15) is 86.0 Å². The summed E-state index contributed by atoms with van der Waals surface area (Å²) in [7, 11) is 1.55. The van der Waals surface area contributed by atoms with Crippen LogP contribution in [0.2, 0.25) is 0 Å². The number of benzene rings is 5. The smallest absolute Gasteiger partial charge is 0.305 e. The quantitative estimate of drug-likeness (QED) is 0.0210. The molecule has 0 spiro atoms. The molecular formula is C75H94N14O19. The van der Waals surface area contributed by atoms with Crippen molar-refractivity contribution < 1.29 is 92.6 Å². The molecule has 5 aromatic carbocycles. The molecule has 12 atom stereocenters. The zero-order valence-electron chi connectivity index (χ0n) is 60.7. The summed E-state index contributed by atoms with van der Waals surface area (Å²) in [4.78, 5) is 182. The van der Waals surface area contributed by atoms with Gasteiger partial charge >= 0.3 is 11.9 Å². The zero-order chi connectivity index (χ0) is 79.5. The Morgan fingerprint density at radius 3 is 1.59 bits per heavy atom. The van der Waals surface area contributed by atoms with Gasteiger partial charge in [-0.1, -0.05) is 110 Å². The minimum absolute atomic E-state index is 0.0337. The molecule has 0 aliphatic carbocycles. The van der Waals surface area contributed by atoms with Crippen LogP contribution in [0.25, 0.3) is 22.3 Å². The fraction of sp³-hybridized carbons (Fsp3) is 0.387. The van der Waals surface area contributed by atoms with E-state index < -0.39 is 182 Å². The highest BCUT2D eigenvalue weighted by atomic mass is 16.5. The van der Waals surface area contributed by atoms with E-state index in [1.165, 1.54) is 19.4 Å². The van der Waals surface area contributed by atoms with Gasteiger partial charge in [0.1, 0.15) is 60.1 Å². The summed E-state index contributed by atoms with van der Waals surface area (Å²) in [6.07, 6.45) is -3.01. The number of nitrogens with two attached hydrogens (primary N) is 2. The second-order valence-electron chi connectivity index (χ2n) is 25.9. The van der Waals surface area contributed by atoms with E-state index in [1.54, 1.807) is 79.9 Å². The number of nitrogens with one attached hydrogen (secondary N) is 11. The van der Waals surface area contributed by atoms with Crippen LogP contribution in [0.5, 0.6) is 5.75 Å². The number of hydrogen-bond acceptors (Lipinski definition) is 19. The Morgan fingerprint density at radius 1 is 0.528 bits per heavy atom. The van der Waals surface area contributed by atoms with Gasteiger partial charge in [0, 0.05) is 44.0 Å². The van der Waals surface area contributed by atoms with Crippen molar-refractivity contribution in [3.8, 4) is 28.0 Å². The van der Waals surface area contributed by atoms with Crippen molar-refractivity contribution in [1.82, 2.24) is 63.1 Å². The molecule has 1 heterocycles. The van der Waals surface area contributed by atoms with Crippen molar-refractivity contribution in [3.05, 3.63) is 167 Å². The van der Waals surface area contributed by atoms with E-state index in [0.717, 1.165) is 52.8 Å². The lowest BCUT2D eigenvalue weighted by molar-refractivity contribution is -0.142. The molecule has 6 aromatic rings. The van der Waals surface area contributed by atoms with E-state index in [9.17, 15) is 87.9 Å². The van der Waals surface area contributed by atoms with Crippen LogP contribution in [-0.2, 0) is 94.4 Å². The Bertz CT molecular complexity index is 4140. The molecular weight excluding hydrogens is 1400 g/mol. The minimum atomic E-state index is -2.05. The van der Waals surface area contributed by atoms with Crippen molar-refractivity contribution in [1.29, 1.82) is 0 Å². The Hall–Kier alpha value is -11.9. The van der Waals surface area contributed by atoms with E-state index in [4.69, 9.17) is 16.2 Å². The standard InChI is InChI=1S/C75H94N14O19/c1-8-47-32-51(108-7)25-26-53(47)49-23-19-46(20-24-49)31-57(70(102)83-56(66(77)98)29-45-17-21-48(22-18-45)52-16-12-13-39(2)40(52)3)84-71(103)59(34-63(96)97)85-73(105)60(37-90)87-75(107)65(43(6)92)89-72(104)58(30-44-14-10-9-11-15-44)86-74(106)64(42(5)91)88-61(93)36-79-69(101)55(27-28-62(94)95)82-67(99)41(4)81-68(100)54(76)33-50-35-78-38-80-50/h9-26,32,35,38,41-43,54-60,64-65,90-92H,8,27-31,33-34,36-37,76H2,1-7H3,(H2,77,98)(H,78,80)(H,79,101)(H,81,100)(H,82,99)(H,83,102)(H,84,103)(H,85,105)(H,86,106)(H,87,107)(H,88,93)(H,89,104)(H,94,95)(H,96,97)/t41-,42+,43+,54-,55-,56-,57-,58-,59-,60-,64-,65-/m0/s1. The topological polar surface area (TPSA) is 533 Å². The number of H-pyrrole nitrogens is 1. The maximum atomic E-state index is 14.6. The number of carbonyl (C=O) groups excluding carboxylic acids is 11. The van der Waals surface area contributed by atoms with Crippen molar-refractivity contribution in [2.45, 2.75) is 166 Å². The summed E-state index contributed by atoms with van der Waals surface area (Å²) in [5.74, 6) is -14.4. The SMILES string of the molecule is CCc1cc(OC)ccc1-c1ccc(C[C@H](NC(=O)[C@H](CC(=O)O)NC(=O)[C@H](CO)NC(=O)[C@@H](NC(=O)[C@H](Cc2ccccc2)NC(=O)[C@@H](NC(=O)CNC(=O)[C@H](CCC(=O)O)NC(=O)[C@H](C)NC(=O)[C@@H](N)Cc2cnc[nH]2)[C@@H](C)O)[C@@H](C)O)C(=O)N[C@@H](Cc2ccc(-c3cccc(C)c3C)cc2)C(N)=O)cc1. The van der Waals surface area contributed by atoms with Crippen molar-refractivity contribution in [3.63, 3.8) is 0 Å². The third-order valence-electron chi connectivity index (χ3n) is 17.7. The molecule has 0 saturated carbocycles. The number of ether oxygens (including phenoxy) is 1. The van der Waals surface area contributed by atoms with E-state index in [1.807, 2.05) is 63.2 Å². The predicted octanol–water partition coefficient (Wildman–Crippen LogP) is -1.39. The summed E-state index contributed by atoms with van der Waals surface area (Å²) in [6.45, 7) is 7.22. The number of aryl methyl sites for hydroxylation is 2. The zero-order valence-corrected chi connectivity index (χ0v) is 60.7. The van der Waals surface area contributed by atoms with Gasteiger partial charge in [-0.2, -0.15) is 0 Å².